The molecule has 0 amide bonds. The van der Waals surface area contributed by atoms with Crippen LogP contribution in [0.4, 0.5) is 0 Å². The van der Waals surface area contributed by atoms with Gasteiger partial charge in [0.2, 0.25) is 0 Å². The normalized spacial score (nSPS) is 15.2. The number of aryl methyl sites for hydroxylation is 1. The van der Waals surface area contributed by atoms with E-state index in [1.54, 1.807) is 11.3 Å². The highest BCUT2D eigenvalue weighted by Crippen LogP contribution is 2.34. The van der Waals surface area contributed by atoms with E-state index in [-0.39, 0.29) is 0 Å². The second kappa shape index (κ2) is 5.64. The van der Waals surface area contributed by atoms with Crippen molar-refractivity contribution >= 4 is 11.3 Å². The van der Waals surface area contributed by atoms with Crippen LogP contribution in [0.25, 0.3) is 0 Å². The summed E-state index contributed by atoms with van der Waals surface area (Å²) in [5.74, 6) is 0. The van der Waals surface area contributed by atoms with Crippen LogP contribution < -0.4 is 0 Å². The average Bonchev–Trinajstić information content (AvgIpc) is 2.63. The molecule has 0 aliphatic heterocycles. The van der Waals surface area contributed by atoms with Gasteiger partial charge in [-0.1, -0.05) is 40.0 Å². The highest BCUT2D eigenvalue weighted by Gasteiger charge is 2.27. The van der Waals surface area contributed by atoms with Crippen molar-refractivity contribution in [2.45, 2.75) is 65.2 Å². The molecule has 0 fully saturated rings. The number of hydrogen-bond donors (Lipinski definition) is 0. The lowest BCUT2D eigenvalue weighted by atomic mass is 9.78. The van der Waals surface area contributed by atoms with Gasteiger partial charge < -0.3 is 0 Å². The summed E-state index contributed by atoms with van der Waals surface area (Å²) in [6.07, 6.45) is 6.38. The van der Waals surface area contributed by atoms with Crippen LogP contribution in [0.15, 0.2) is 5.38 Å². The van der Waals surface area contributed by atoms with Crippen molar-refractivity contribution in [2.24, 2.45) is 0 Å². The number of hydrogen-bond acceptors (Lipinski definition) is 2. The van der Waals surface area contributed by atoms with Crippen molar-refractivity contribution in [1.29, 1.82) is 0 Å². The minimum atomic E-state index is 0.315. The van der Waals surface area contributed by atoms with E-state index in [4.69, 9.17) is 0 Å². The van der Waals surface area contributed by atoms with Crippen molar-refractivity contribution < 1.29 is 0 Å². The highest BCUT2D eigenvalue weighted by molar-refractivity contribution is 7.09. The molecule has 2 heteroatoms. The first-order valence-electron chi connectivity index (χ1n) is 6.05. The third kappa shape index (κ3) is 3.30. The summed E-state index contributed by atoms with van der Waals surface area (Å²) >= 11 is 1.78. The van der Waals surface area contributed by atoms with E-state index in [1.165, 1.54) is 42.8 Å². The molecule has 0 spiro atoms. The lowest BCUT2D eigenvalue weighted by molar-refractivity contribution is 0.374. The molecular formula is C13H23NS. The van der Waals surface area contributed by atoms with E-state index < -0.39 is 0 Å². The Morgan fingerprint density at radius 3 is 2.47 bits per heavy atom. The van der Waals surface area contributed by atoms with Crippen LogP contribution in [-0.4, -0.2) is 4.98 Å². The second-order valence-electron chi connectivity index (χ2n) is 4.67. The fourth-order valence-electron chi connectivity index (χ4n) is 2.14. The van der Waals surface area contributed by atoms with Crippen LogP contribution in [0.1, 0.15) is 63.6 Å². The van der Waals surface area contributed by atoms with Crippen molar-refractivity contribution in [3.63, 3.8) is 0 Å². The van der Waals surface area contributed by atoms with Gasteiger partial charge in [-0.05, 0) is 19.8 Å². The van der Waals surface area contributed by atoms with Gasteiger partial charge >= 0.3 is 0 Å². The summed E-state index contributed by atoms with van der Waals surface area (Å²) in [5, 5.41) is 3.45. The number of nitrogens with zero attached hydrogens (tertiary/aromatic N) is 1. The number of thiazole rings is 1. The SMILES string of the molecule is CCCCC(C)(CCC)c1csc(C)n1. The highest BCUT2D eigenvalue weighted by atomic mass is 32.1. The first-order chi connectivity index (χ1) is 7.12. The van der Waals surface area contributed by atoms with Gasteiger partial charge in [-0.2, -0.15) is 0 Å². The predicted molar refractivity (Wildman–Crippen MR) is 68.6 cm³/mol. The lowest BCUT2D eigenvalue weighted by Crippen LogP contribution is -2.22. The van der Waals surface area contributed by atoms with Gasteiger partial charge in [-0.3, -0.25) is 0 Å². The van der Waals surface area contributed by atoms with Crippen LogP contribution >= 0.6 is 11.3 Å². The Kier molecular flexibility index (Phi) is 4.78. The molecular weight excluding hydrogens is 202 g/mol. The molecule has 15 heavy (non-hydrogen) atoms. The summed E-state index contributed by atoms with van der Waals surface area (Å²) in [6.45, 7) is 9.00. The van der Waals surface area contributed by atoms with Crippen LogP contribution in [0.2, 0.25) is 0 Å². The Hall–Kier alpha value is -0.370. The predicted octanol–water partition coefficient (Wildman–Crippen LogP) is 4.70. The second-order valence-corrected chi connectivity index (χ2v) is 5.73. The minimum absolute atomic E-state index is 0.315. The topological polar surface area (TPSA) is 12.9 Å². The Labute approximate surface area is 97.9 Å². The Morgan fingerprint density at radius 1 is 1.27 bits per heavy atom. The number of aromatic nitrogens is 1. The molecule has 1 atom stereocenters. The molecule has 1 aromatic heterocycles. The standard InChI is InChI=1S/C13H23NS/c1-5-7-9-13(4,8-6-2)12-10-15-11(3)14-12/h10H,5-9H2,1-4H3. The minimum Gasteiger partial charge on any atom is -0.246 e. The van der Waals surface area contributed by atoms with Gasteiger partial charge in [-0.25, -0.2) is 4.98 Å². The molecule has 0 N–H and O–H groups in total. The van der Waals surface area contributed by atoms with Gasteiger partial charge in [0.15, 0.2) is 0 Å². The smallest absolute Gasteiger partial charge is 0.0897 e. The molecule has 1 aromatic rings. The summed E-state index contributed by atoms with van der Waals surface area (Å²) in [7, 11) is 0. The zero-order valence-electron chi connectivity index (χ0n) is 10.5. The zero-order valence-corrected chi connectivity index (χ0v) is 11.3. The maximum absolute atomic E-state index is 4.67. The van der Waals surface area contributed by atoms with Crippen molar-refractivity contribution in [2.75, 3.05) is 0 Å². The van der Waals surface area contributed by atoms with E-state index in [0.29, 0.717) is 5.41 Å². The molecule has 1 nitrogen and oxygen atoms in total. The molecule has 1 unspecified atom stereocenters. The number of rotatable bonds is 6. The molecule has 0 saturated carbocycles. The zero-order chi connectivity index (χ0) is 11.3. The first-order valence-corrected chi connectivity index (χ1v) is 6.93. The molecule has 0 aromatic carbocycles. The molecule has 0 bridgehead atoms. The summed E-state index contributed by atoms with van der Waals surface area (Å²) in [6, 6.07) is 0. The monoisotopic (exact) mass is 225 g/mol. The quantitative estimate of drug-likeness (QED) is 0.684. The van der Waals surface area contributed by atoms with E-state index in [0.717, 1.165) is 0 Å². The lowest BCUT2D eigenvalue weighted by Gasteiger charge is -2.27. The van der Waals surface area contributed by atoms with Gasteiger partial charge in [0.05, 0.1) is 10.7 Å². The maximum Gasteiger partial charge on any atom is 0.0897 e. The molecule has 0 radical (unpaired) electrons. The van der Waals surface area contributed by atoms with Crippen LogP contribution in [0.3, 0.4) is 0 Å². The Balaban J connectivity index is 2.79. The Morgan fingerprint density at radius 2 is 2.00 bits per heavy atom. The van der Waals surface area contributed by atoms with Crippen LogP contribution in [0, 0.1) is 6.92 Å². The van der Waals surface area contributed by atoms with Crippen LogP contribution in [0.5, 0.6) is 0 Å². The van der Waals surface area contributed by atoms with Gasteiger partial charge in [0.1, 0.15) is 0 Å². The van der Waals surface area contributed by atoms with Gasteiger partial charge in [-0.15, -0.1) is 11.3 Å². The largest absolute Gasteiger partial charge is 0.246 e. The van der Waals surface area contributed by atoms with Gasteiger partial charge in [0, 0.05) is 10.8 Å². The van der Waals surface area contributed by atoms with E-state index in [2.05, 4.69) is 38.1 Å². The third-order valence-electron chi connectivity index (χ3n) is 3.12. The fourth-order valence-corrected chi connectivity index (χ4v) is 2.91. The Bertz CT molecular complexity index is 292. The molecule has 1 rings (SSSR count). The summed E-state index contributed by atoms with van der Waals surface area (Å²) < 4.78 is 0. The summed E-state index contributed by atoms with van der Waals surface area (Å²) in [5.41, 5.74) is 1.63. The molecule has 0 aliphatic carbocycles. The third-order valence-corrected chi connectivity index (χ3v) is 3.89. The number of unbranched alkanes of at least 4 members (excludes halogenated alkanes) is 1. The van der Waals surface area contributed by atoms with Crippen molar-refractivity contribution in [3.8, 4) is 0 Å². The van der Waals surface area contributed by atoms with E-state index in [1.807, 2.05) is 0 Å². The maximum atomic E-state index is 4.67. The fraction of sp³-hybridized carbons (Fsp3) is 0.769. The first kappa shape index (κ1) is 12.7. The molecule has 1 heterocycles. The molecule has 0 aliphatic rings. The van der Waals surface area contributed by atoms with Crippen LogP contribution in [-0.2, 0) is 5.41 Å². The van der Waals surface area contributed by atoms with E-state index in [9.17, 15) is 0 Å². The van der Waals surface area contributed by atoms with E-state index >= 15 is 0 Å². The molecule has 86 valence electrons. The molecule has 0 saturated heterocycles. The van der Waals surface area contributed by atoms with Crippen molar-refractivity contribution in [3.05, 3.63) is 16.1 Å². The summed E-state index contributed by atoms with van der Waals surface area (Å²) in [4.78, 5) is 4.67. The average molecular weight is 225 g/mol. The van der Waals surface area contributed by atoms with Crippen molar-refractivity contribution in [1.82, 2.24) is 4.98 Å². The van der Waals surface area contributed by atoms with Gasteiger partial charge in [0.25, 0.3) is 0 Å².